The van der Waals surface area contributed by atoms with Gasteiger partial charge < -0.3 is 10.6 Å². The van der Waals surface area contributed by atoms with Crippen LogP contribution in [0.3, 0.4) is 0 Å². The molecule has 2 N–H and O–H groups in total. The topological polar surface area (TPSA) is 75.1 Å². The van der Waals surface area contributed by atoms with Crippen molar-refractivity contribution in [2.45, 2.75) is 26.8 Å². The summed E-state index contributed by atoms with van der Waals surface area (Å²) < 4.78 is 13.5. The number of hydrogen-bond acceptors (Lipinski definition) is 6. The summed E-state index contributed by atoms with van der Waals surface area (Å²) in [7, 11) is 0. The van der Waals surface area contributed by atoms with Gasteiger partial charge in [0.25, 0.3) is 0 Å². The number of hydrogen-bond donors (Lipinski definition) is 2. The maximum absolute atomic E-state index is 13.5. The summed E-state index contributed by atoms with van der Waals surface area (Å²) in [5, 5.41) is 6.23. The first-order valence-corrected chi connectivity index (χ1v) is 7.86. The van der Waals surface area contributed by atoms with Crippen LogP contribution in [0.4, 0.5) is 16.3 Å². The Bertz CT molecular complexity index is 798. The summed E-state index contributed by atoms with van der Waals surface area (Å²) in [5.74, 6) is 0.786. The molecule has 0 spiro atoms. The zero-order valence-corrected chi connectivity index (χ0v) is 14.5. The summed E-state index contributed by atoms with van der Waals surface area (Å²) in [4.78, 5) is 16.8. The maximum Gasteiger partial charge on any atom is 0.232 e. The Morgan fingerprint density at radius 2 is 2.00 bits per heavy atom. The van der Waals surface area contributed by atoms with Gasteiger partial charge in [0.1, 0.15) is 5.82 Å². The van der Waals surface area contributed by atoms with Crippen LogP contribution < -0.4 is 10.6 Å². The highest BCUT2D eigenvalue weighted by molar-refractivity contribution is 5.59. The third kappa shape index (κ3) is 5.49. The Kier molecular flexibility index (Phi) is 6.33. The second-order valence-corrected chi connectivity index (χ2v) is 5.48. The molecule has 7 heteroatoms. The van der Waals surface area contributed by atoms with Crippen LogP contribution in [0.15, 0.2) is 53.3 Å². The van der Waals surface area contributed by atoms with Gasteiger partial charge in [0.05, 0.1) is 0 Å². The van der Waals surface area contributed by atoms with Crippen LogP contribution in [0.5, 0.6) is 0 Å². The van der Waals surface area contributed by atoms with E-state index in [0.29, 0.717) is 23.3 Å². The van der Waals surface area contributed by atoms with Crippen molar-refractivity contribution in [3.05, 3.63) is 54.1 Å². The van der Waals surface area contributed by atoms with Crippen LogP contribution in [-0.4, -0.2) is 27.7 Å². The highest BCUT2D eigenvalue weighted by Gasteiger charge is 2.10. The van der Waals surface area contributed by atoms with Crippen molar-refractivity contribution < 1.29 is 4.39 Å². The molecule has 0 fully saturated rings. The average molecular weight is 340 g/mol. The SMILES string of the molecule is C=N/C=C\C(=C/C)Nc1nc(NC(C)C)nc(-c2cccc(F)c2)n1. The molecule has 6 nitrogen and oxygen atoms in total. The van der Waals surface area contributed by atoms with Crippen LogP contribution in [0, 0.1) is 5.82 Å². The van der Waals surface area contributed by atoms with Crippen molar-refractivity contribution >= 4 is 18.6 Å². The number of nitrogens with zero attached hydrogens (tertiary/aromatic N) is 4. The van der Waals surface area contributed by atoms with Crippen LogP contribution >= 0.6 is 0 Å². The normalized spacial score (nSPS) is 11.8. The Morgan fingerprint density at radius 1 is 1.24 bits per heavy atom. The molecule has 1 aromatic heterocycles. The number of anilines is 2. The molecule has 0 saturated heterocycles. The number of rotatable bonds is 7. The van der Waals surface area contributed by atoms with Crippen molar-refractivity contribution in [3.8, 4) is 11.4 Å². The van der Waals surface area contributed by atoms with E-state index in [1.54, 1.807) is 24.4 Å². The van der Waals surface area contributed by atoms with Crippen molar-refractivity contribution in [1.82, 2.24) is 15.0 Å². The van der Waals surface area contributed by atoms with Gasteiger partial charge in [-0.25, -0.2) is 4.39 Å². The molecule has 2 rings (SSSR count). The molecule has 0 atom stereocenters. The number of benzene rings is 1. The molecule has 0 saturated carbocycles. The van der Waals surface area contributed by atoms with Gasteiger partial charge in [-0.1, -0.05) is 18.2 Å². The zero-order chi connectivity index (χ0) is 18.2. The summed E-state index contributed by atoms with van der Waals surface area (Å²) in [6.45, 7) is 9.24. The molecule has 0 aliphatic heterocycles. The smallest absolute Gasteiger partial charge is 0.232 e. The molecule has 25 heavy (non-hydrogen) atoms. The molecular weight excluding hydrogens is 319 g/mol. The molecular formula is C18H21FN6. The lowest BCUT2D eigenvalue weighted by Gasteiger charge is -2.12. The van der Waals surface area contributed by atoms with Gasteiger partial charge >= 0.3 is 0 Å². The van der Waals surface area contributed by atoms with E-state index in [1.165, 1.54) is 12.1 Å². The van der Waals surface area contributed by atoms with Gasteiger partial charge in [0, 0.05) is 23.5 Å². The Balaban J connectivity index is 2.43. The first-order chi connectivity index (χ1) is 12.0. The van der Waals surface area contributed by atoms with Gasteiger partial charge in [0.15, 0.2) is 5.82 Å². The molecule has 1 aromatic carbocycles. The molecule has 0 bridgehead atoms. The molecule has 0 radical (unpaired) electrons. The fraction of sp³-hybridized carbons (Fsp3) is 0.222. The molecule has 0 unspecified atom stereocenters. The second-order valence-electron chi connectivity index (χ2n) is 5.48. The second kappa shape index (κ2) is 8.68. The van der Waals surface area contributed by atoms with Gasteiger partial charge in [-0.05, 0) is 45.7 Å². The predicted octanol–water partition coefficient (Wildman–Crippen LogP) is 4.03. The van der Waals surface area contributed by atoms with Crippen molar-refractivity contribution in [2.24, 2.45) is 4.99 Å². The van der Waals surface area contributed by atoms with Gasteiger partial charge in [0.2, 0.25) is 11.9 Å². The lowest BCUT2D eigenvalue weighted by molar-refractivity contribution is 0.628. The van der Waals surface area contributed by atoms with Gasteiger partial charge in [-0.15, -0.1) is 0 Å². The van der Waals surface area contributed by atoms with Crippen LogP contribution in [-0.2, 0) is 0 Å². The molecule has 0 amide bonds. The predicted molar refractivity (Wildman–Crippen MR) is 100 cm³/mol. The van der Waals surface area contributed by atoms with E-state index in [-0.39, 0.29) is 11.9 Å². The van der Waals surface area contributed by atoms with E-state index in [4.69, 9.17) is 0 Å². The van der Waals surface area contributed by atoms with E-state index < -0.39 is 0 Å². The summed E-state index contributed by atoms with van der Waals surface area (Å²) in [6.07, 6.45) is 5.15. The third-order valence-corrected chi connectivity index (χ3v) is 3.06. The van der Waals surface area contributed by atoms with Crippen molar-refractivity contribution in [2.75, 3.05) is 10.6 Å². The minimum Gasteiger partial charge on any atom is -0.352 e. The van der Waals surface area contributed by atoms with Crippen molar-refractivity contribution in [1.29, 1.82) is 0 Å². The average Bonchev–Trinajstić information content (AvgIpc) is 2.57. The maximum atomic E-state index is 13.5. The van der Waals surface area contributed by atoms with E-state index in [9.17, 15) is 4.39 Å². The standard InChI is InChI=1S/C18H21FN6/c1-5-15(9-10-20-4)22-18-24-16(13-7-6-8-14(19)11-13)23-17(25-18)21-12(2)3/h5-12H,4H2,1-3H3,(H2,21,22,23,24,25)/b10-9-,15-5+. The highest BCUT2D eigenvalue weighted by atomic mass is 19.1. The summed E-state index contributed by atoms with van der Waals surface area (Å²) in [5.41, 5.74) is 1.32. The lowest BCUT2D eigenvalue weighted by Crippen LogP contribution is -2.15. The van der Waals surface area contributed by atoms with E-state index in [0.717, 1.165) is 5.70 Å². The van der Waals surface area contributed by atoms with Gasteiger partial charge in [-0.2, -0.15) is 15.0 Å². The number of allylic oxidation sites excluding steroid dienone is 2. The van der Waals surface area contributed by atoms with Crippen LogP contribution in [0.25, 0.3) is 11.4 Å². The fourth-order valence-electron chi connectivity index (χ4n) is 1.98. The van der Waals surface area contributed by atoms with Crippen molar-refractivity contribution in [3.63, 3.8) is 0 Å². The quantitative estimate of drug-likeness (QED) is 0.588. The molecule has 130 valence electrons. The number of aliphatic imine (C=N–C) groups is 1. The Morgan fingerprint density at radius 3 is 2.64 bits per heavy atom. The van der Waals surface area contributed by atoms with E-state index in [1.807, 2.05) is 26.8 Å². The largest absolute Gasteiger partial charge is 0.352 e. The highest BCUT2D eigenvalue weighted by Crippen LogP contribution is 2.20. The summed E-state index contributed by atoms with van der Waals surface area (Å²) in [6, 6.07) is 6.27. The number of nitrogens with one attached hydrogen (secondary N) is 2. The minimum atomic E-state index is -0.347. The van der Waals surface area contributed by atoms with E-state index in [2.05, 4.69) is 37.3 Å². The fourth-order valence-corrected chi connectivity index (χ4v) is 1.98. The Labute approximate surface area is 146 Å². The molecule has 0 aliphatic carbocycles. The summed E-state index contributed by atoms with van der Waals surface area (Å²) >= 11 is 0. The Hall–Kier alpha value is -3.09. The molecule has 2 aromatic rings. The zero-order valence-electron chi connectivity index (χ0n) is 14.5. The van der Waals surface area contributed by atoms with Crippen LogP contribution in [0.1, 0.15) is 20.8 Å². The number of aromatic nitrogens is 3. The van der Waals surface area contributed by atoms with Crippen LogP contribution in [0.2, 0.25) is 0 Å². The third-order valence-electron chi connectivity index (χ3n) is 3.06. The van der Waals surface area contributed by atoms with Gasteiger partial charge in [-0.3, -0.25) is 4.99 Å². The lowest BCUT2D eigenvalue weighted by atomic mass is 10.2. The number of halogens is 1. The molecule has 1 heterocycles. The monoisotopic (exact) mass is 340 g/mol. The minimum absolute atomic E-state index is 0.140. The first-order valence-electron chi connectivity index (χ1n) is 7.86. The molecule has 0 aliphatic rings. The van der Waals surface area contributed by atoms with E-state index >= 15 is 0 Å². The first kappa shape index (κ1) is 18.3.